The van der Waals surface area contributed by atoms with Crippen LogP contribution in [0.1, 0.15) is 18.9 Å². The Morgan fingerprint density at radius 3 is 2.70 bits per heavy atom. The SMILES string of the molecule is CC1(NC(=O)/C=C/c2ccccc2Br)CCS(=O)(=O)C1. The molecule has 1 aliphatic heterocycles. The Morgan fingerprint density at radius 1 is 1.40 bits per heavy atom. The number of sulfone groups is 1. The Morgan fingerprint density at radius 2 is 2.10 bits per heavy atom. The molecule has 1 N–H and O–H groups in total. The van der Waals surface area contributed by atoms with Crippen molar-refractivity contribution in [2.24, 2.45) is 0 Å². The fourth-order valence-electron chi connectivity index (χ4n) is 2.22. The molecule has 2 rings (SSSR count). The van der Waals surface area contributed by atoms with Crippen LogP contribution in [-0.2, 0) is 14.6 Å². The lowest BCUT2D eigenvalue weighted by molar-refractivity contribution is -0.117. The zero-order valence-electron chi connectivity index (χ0n) is 11.1. The van der Waals surface area contributed by atoms with Crippen LogP contribution in [-0.4, -0.2) is 31.4 Å². The van der Waals surface area contributed by atoms with Crippen molar-refractivity contribution in [3.8, 4) is 0 Å². The van der Waals surface area contributed by atoms with Gasteiger partial charge >= 0.3 is 0 Å². The zero-order valence-corrected chi connectivity index (χ0v) is 13.5. The van der Waals surface area contributed by atoms with E-state index in [0.717, 1.165) is 10.0 Å². The second-order valence-electron chi connectivity index (χ2n) is 5.25. The predicted octanol–water partition coefficient (Wildman–Crippen LogP) is 2.16. The topological polar surface area (TPSA) is 63.2 Å². The molecule has 0 aliphatic carbocycles. The first-order chi connectivity index (χ1) is 9.30. The summed E-state index contributed by atoms with van der Waals surface area (Å²) in [5.41, 5.74) is 0.237. The monoisotopic (exact) mass is 357 g/mol. The molecule has 1 aromatic rings. The van der Waals surface area contributed by atoms with Gasteiger partial charge in [-0.15, -0.1) is 0 Å². The third-order valence-corrected chi connectivity index (χ3v) is 5.87. The molecule has 1 fully saturated rings. The smallest absolute Gasteiger partial charge is 0.244 e. The van der Waals surface area contributed by atoms with Crippen LogP contribution >= 0.6 is 15.9 Å². The highest BCUT2D eigenvalue weighted by Crippen LogP contribution is 2.23. The molecule has 4 nitrogen and oxygen atoms in total. The van der Waals surface area contributed by atoms with E-state index in [2.05, 4.69) is 21.2 Å². The first kappa shape index (κ1) is 15.3. The van der Waals surface area contributed by atoms with Gasteiger partial charge in [-0.25, -0.2) is 8.42 Å². The van der Waals surface area contributed by atoms with E-state index in [4.69, 9.17) is 0 Å². The molecule has 108 valence electrons. The highest BCUT2D eigenvalue weighted by molar-refractivity contribution is 9.10. The second-order valence-corrected chi connectivity index (χ2v) is 8.29. The number of hydrogen-bond acceptors (Lipinski definition) is 3. The van der Waals surface area contributed by atoms with Crippen LogP contribution in [0.5, 0.6) is 0 Å². The lowest BCUT2D eigenvalue weighted by Crippen LogP contribution is -2.46. The maximum absolute atomic E-state index is 11.9. The van der Waals surface area contributed by atoms with Crippen molar-refractivity contribution in [1.82, 2.24) is 5.32 Å². The normalized spacial score (nSPS) is 24.9. The molecular formula is C14H16BrNO3S. The quantitative estimate of drug-likeness (QED) is 0.843. The van der Waals surface area contributed by atoms with Gasteiger partial charge in [-0.2, -0.15) is 0 Å². The Bertz CT molecular complexity index is 654. The molecule has 0 spiro atoms. The molecule has 1 amide bonds. The zero-order chi connectivity index (χ0) is 14.8. The Labute approximate surface area is 127 Å². The summed E-state index contributed by atoms with van der Waals surface area (Å²) in [4.78, 5) is 11.9. The van der Waals surface area contributed by atoms with Gasteiger partial charge in [-0.3, -0.25) is 4.79 Å². The number of benzene rings is 1. The molecular weight excluding hydrogens is 342 g/mol. The molecule has 1 aromatic carbocycles. The minimum Gasteiger partial charge on any atom is -0.346 e. The molecule has 1 heterocycles. The van der Waals surface area contributed by atoms with Gasteiger partial charge < -0.3 is 5.32 Å². The predicted molar refractivity (Wildman–Crippen MR) is 83.0 cm³/mol. The number of carbonyl (C=O) groups is 1. The van der Waals surface area contributed by atoms with Gasteiger partial charge in [-0.1, -0.05) is 34.1 Å². The van der Waals surface area contributed by atoms with Crippen molar-refractivity contribution in [1.29, 1.82) is 0 Å². The van der Waals surface area contributed by atoms with E-state index >= 15 is 0 Å². The van der Waals surface area contributed by atoms with Crippen molar-refractivity contribution < 1.29 is 13.2 Å². The summed E-state index contributed by atoms with van der Waals surface area (Å²) >= 11 is 3.40. The van der Waals surface area contributed by atoms with Crippen LogP contribution in [0, 0.1) is 0 Å². The van der Waals surface area contributed by atoms with Crippen LogP contribution in [0.25, 0.3) is 6.08 Å². The van der Waals surface area contributed by atoms with Crippen molar-refractivity contribution in [2.75, 3.05) is 11.5 Å². The molecule has 1 unspecified atom stereocenters. The number of nitrogens with one attached hydrogen (secondary N) is 1. The number of halogens is 1. The molecule has 1 saturated heterocycles. The Hall–Kier alpha value is -1.14. The molecule has 0 bridgehead atoms. The average molecular weight is 358 g/mol. The summed E-state index contributed by atoms with van der Waals surface area (Å²) in [6, 6.07) is 7.55. The van der Waals surface area contributed by atoms with E-state index in [1.165, 1.54) is 6.08 Å². The third kappa shape index (κ3) is 3.93. The summed E-state index contributed by atoms with van der Waals surface area (Å²) in [5, 5.41) is 2.78. The molecule has 0 radical (unpaired) electrons. The van der Waals surface area contributed by atoms with Crippen LogP contribution in [0.15, 0.2) is 34.8 Å². The summed E-state index contributed by atoms with van der Waals surface area (Å²) in [5.74, 6) is -0.132. The summed E-state index contributed by atoms with van der Waals surface area (Å²) in [6.45, 7) is 1.77. The Balaban J connectivity index is 2.02. The van der Waals surface area contributed by atoms with Gasteiger partial charge in [0.2, 0.25) is 5.91 Å². The maximum atomic E-state index is 11.9. The van der Waals surface area contributed by atoms with Gasteiger partial charge in [0.05, 0.1) is 17.0 Å². The average Bonchev–Trinajstić information content (AvgIpc) is 2.62. The fraction of sp³-hybridized carbons (Fsp3) is 0.357. The van der Waals surface area contributed by atoms with Crippen LogP contribution in [0.3, 0.4) is 0 Å². The van der Waals surface area contributed by atoms with Gasteiger partial charge in [0.25, 0.3) is 0 Å². The van der Waals surface area contributed by atoms with Crippen LogP contribution < -0.4 is 5.32 Å². The maximum Gasteiger partial charge on any atom is 0.244 e. The minimum atomic E-state index is -3.02. The number of carbonyl (C=O) groups excluding carboxylic acids is 1. The lowest BCUT2D eigenvalue weighted by Gasteiger charge is -2.22. The lowest BCUT2D eigenvalue weighted by atomic mass is 10.0. The van der Waals surface area contributed by atoms with Gasteiger partial charge in [0, 0.05) is 10.5 Å². The van der Waals surface area contributed by atoms with E-state index in [9.17, 15) is 13.2 Å². The largest absolute Gasteiger partial charge is 0.346 e. The number of hydrogen-bond donors (Lipinski definition) is 1. The van der Waals surface area contributed by atoms with E-state index in [0.29, 0.717) is 6.42 Å². The van der Waals surface area contributed by atoms with E-state index in [1.54, 1.807) is 13.0 Å². The van der Waals surface area contributed by atoms with Crippen molar-refractivity contribution in [2.45, 2.75) is 18.9 Å². The van der Waals surface area contributed by atoms with Gasteiger partial charge in [0.15, 0.2) is 9.84 Å². The standard InChI is InChI=1S/C14H16BrNO3S/c1-14(8-9-20(18,19)10-14)16-13(17)7-6-11-4-2-3-5-12(11)15/h2-7H,8-10H2,1H3,(H,16,17)/b7-6+. The van der Waals surface area contributed by atoms with Gasteiger partial charge in [-0.05, 0) is 31.1 Å². The van der Waals surface area contributed by atoms with Crippen molar-refractivity contribution in [3.63, 3.8) is 0 Å². The summed E-state index contributed by atoms with van der Waals surface area (Å²) in [6.07, 6.45) is 3.59. The first-order valence-electron chi connectivity index (χ1n) is 6.25. The van der Waals surface area contributed by atoms with Crippen molar-refractivity contribution >= 4 is 37.8 Å². The Kier molecular flexibility index (Phi) is 4.34. The highest BCUT2D eigenvalue weighted by Gasteiger charge is 2.38. The molecule has 20 heavy (non-hydrogen) atoms. The van der Waals surface area contributed by atoms with Gasteiger partial charge in [0.1, 0.15) is 0 Å². The summed E-state index contributed by atoms with van der Waals surface area (Å²) in [7, 11) is -3.02. The van der Waals surface area contributed by atoms with Crippen LogP contribution in [0.2, 0.25) is 0 Å². The van der Waals surface area contributed by atoms with E-state index in [1.807, 2.05) is 24.3 Å². The van der Waals surface area contributed by atoms with Crippen molar-refractivity contribution in [3.05, 3.63) is 40.4 Å². The van der Waals surface area contributed by atoms with E-state index in [-0.39, 0.29) is 17.4 Å². The molecule has 1 atom stereocenters. The fourth-order valence-corrected chi connectivity index (χ4v) is 4.73. The summed E-state index contributed by atoms with van der Waals surface area (Å²) < 4.78 is 23.9. The molecule has 0 saturated carbocycles. The molecule has 0 aromatic heterocycles. The van der Waals surface area contributed by atoms with Crippen LogP contribution in [0.4, 0.5) is 0 Å². The van der Waals surface area contributed by atoms with E-state index < -0.39 is 15.4 Å². The second kappa shape index (κ2) is 5.69. The molecule has 6 heteroatoms. The first-order valence-corrected chi connectivity index (χ1v) is 8.86. The minimum absolute atomic E-state index is 0.00854. The third-order valence-electron chi connectivity index (χ3n) is 3.25. The number of rotatable bonds is 3. The molecule has 1 aliphatic rings. The number of amides is 1. The highest BCUT2D eigenvalue weighted by atomic mass is 79.9.